The Bertz CT molecular complexity index is 983. The number of aryl methyl sites for hydroxylation is 2. The SMILES string of the molecule is CCOC(=O)[C@H]1C[C@@H]1CN(Cc1ccc2c(c1)OCO2)C(=O)c1c(C)nn(C)c1C. The molecule has 8 nitrogen and oxygen atoms in total. The van der Waals surface area contributed by atoms with Crippen LogP contribution in [-0.2, 0) is 23.1 Å². The van der Waals surface area contributed by atoms with Gasteiger partial charge >= 0.3 is 5.97 Å². The smallest absolute Gasteiger partial charge is 0.309 e. The summed E-state index contributed by atoms with van der Waals surface area (Å²) in [7, 11) is 1.83. The van der Waals surface area contributed by atoms with E-state index >= 15 is 0 Å². The molecule has 160 valence electrons. The van der Waals surface area contributed by atoms with Crippen molar-refractivity contribution in [2.45, 2.75) is 33.7 Å². The van der Waals surface area contributed by atoms with Gasteiger partial charge in [0.15, 0.2) is 11.5 Å². The molecule has 1 amide bonds. The molecule has 2 aromatic rings. The molecular weight excluding hydrogens is 386 g/mol. The third kappa shape index (κ3) is 3.86. The van der Waals surface area contributed by atoms with Gasteiger partial charge in [-0.1, -0.05) is 6.07 Å². The molecule has 8 heteroatoms. The average molecular weight is 413 g/mol. The van der Waals surface area contributed by atoms with E-state index in [1.807, 2.05) is 39.1 Å². The number of amides is 1. The number of carbonyl (C=O) groups excluding carboxylic acids is 2. The highest BCUT2D eigenvalue weighted by Crippen LogP contribution is 2.41. The Morgan fingerprint density at radius 3 is 2.73 bits per heavy atom. The molecule has 0 unspecified atom stereocenters. The first-order valence-corrected chi connectivity index (χ1v) is 10.2. The van der Waals surface area contributed by atoms with Gasteiger partial charge in [0.1, 0.15) is 0 Å². The number of nitrogens with zero attached hydrogens (tertiary/aromatic N) is 3. The molecule has 0 saturated heterocycles. The lowest BCUT2D eigenvalue weighted by atomic mass is 10.1. The zero-order chi connectivity index (χ0) is 21.4. The van der Waals surface area contributed by atoms with Gasteiger partial charge in [0.2, 0.25) is 6.79 Å². The first-order chi connectivity index (χ1) is 14.4. The Balaban J connectivity index is 1.56. The summed E-state index contributed by atoms with van der Waals surface area (Å²) in [4.78, 5) is 27.4. The number of aromatic nitrogens is 2. The molecule has 2 atom stereocenters. The van der Waals surface area contributed by atoms with E-state index < -0.39 is 0 Å². The van der Waals surface area contributed by atoms with Crippen LogP contribution < -0.4 is 9.47 Å². The molecule has 0 spiro atoms. The van der Waals surface area contributed by atoms with Crippen molar-refractivity contribution in [2.24, 2.45) is 18.9 Å². The van der Waals surface area contributed by atoms with Crippen LogP contribution in [0.3, 0.4) is 0 Å². The fraction of sp³-hybridized carbons (Fsp3) is 0.500. The van der Waals surface area contributed by atoms with Crippen LogP contribution in [0.5, 0.6) is 11.5 Å². The van der Waals surface area contributed by atoms with Gasteiger partial charge < -0.3 is 19.1 Å². The molecule has 0 bridgehead atoms. The number of fused-ring (bicyclic) bond motifs is 1. The minimum Gasteiger partial charge on any atom is -0.466 e. The molecule has 1 aromatic heterocycles. The number of ether oxygens (including phenoxy) is 3. The summed E-state index contributed by atoms with van der Waals surface area (Å²) in [6.45, 7) is 7.02. The van der Waals surface area contributed by atoms with E-state index in [0.717, 1.165) is 17.7 Å². The van der Waals surface area contributed by atoms with Crippen LogP contribution in [0.4, 0.5) is 0 Å². The van der Waals surface area contributed by atoms with Crippen molar-refractivity contribution in [1.82, 2.24) is 14.7 Å². The summed E-state index contributed by atoms with van der Waals surface area (Å²) >= 11 is 0. The largest absolute Gasteiger partial charge is 0.466 e. The van der Waals surface area contributed by atoms with E-state index in [1.165, 1.54) is 0 Å². The molecule has 0 radical (unpaired) electrons. The van der Waals surface area contributed by atoms with Gasteiger partial charge in [0.05, 0.1) is 23.8 Å². The average Bonchev–Trinajstić information content (AvgIpc) is 3.23. The second-order valence-corrected chi connectivity index (χ2v) is 7.90. The maximum atomic E-state index is 13.5. The summed E-state index contributed by atoms with van der Waals surface area (Å²) in [5.41, 5.74) is 3.09. The molecule has 1 aliphatic carbocycles. The van der Waals surface area contributed by atoms with Crippen LogP contribution in [0.25, 0.3) is 0 Å². The molecule has 2 aliphatic rings. The summed E-state index contributed by atoms with van der Waals surface area (Å²) < 4.78 is 17.7. The molecule has 2 heterocycles. The number of benzene rings is 1. The summed E-state index contributed by atoms with van der Waals surface area (Å²) in [5, 5.41) is 4.39. The van der Waals surface area contributed by atoms with E-state index in [2.05, 4.69) is 5.10 Å². The van der Waals surface area contributed by atoms with Gasteiger partial charge in [0, 0.05) is 25.8 Å². The fourth-order valence-electron chi connectivity index (χ4n) is 3.99. The van der Waals surface area contributed by atoms with Crippen molar-refractivity contribution >= 4 is 11.9 Å². The molecule has 1 fully saturated rings. The predicted octanol–water partition coefficient (Wildman–Crippen LogP) is 2.61. The first-order valence-electron chi connectivity index (χ1n) is 10.2. The van der Waals surface area contributed by atoms with Gasteiger partial charge in [-0.15, -0.1) is 0 Å². The molecule has 4 rings (SSSR count). The standard InChI is InChI=1S/C22H27N3O5/c1-5-28-22(27)17-9-16(17)11-25(21(26)20-13(2)23-24(4)14(20)3)10-15-6-7-18-19(8-15)30-12-29-18/h6-8,16-17H,5,9-12H2,1-4H3/t16-,17+/m1/s1. The first kappa shape index (κ1) is 20.3. The van der Waals surface area contributed by atoms with Crippen molar-refractivity contribution in [3.8, 4) is 11.5 Å². The monoisotopic (exact) mass is 413 g/mol. The van der Waals surface area contributed by atoms with Crippen LogP contribution in [-0.4, -0.2) is 46.5 Å². The number of hydrogen-bond donors (Lipinski definition) is 0. The van der Waals surface area contributed by atoms with Crippen molar-refractivity contribution < 1.29 is 23.8 Å². The maximum Gasteiger partial charge on any atom is 0.309 e. The quantitative estimate of drug-likeness (QED) is 0.649. The Labute approximate surface area is 175 Å². The maximum absolute atomic E-state index is 13.5. The molecule has 0 N–H and O–H groups in total. The van der Waals surface area contributed by atoms with Crippen molar-refractivity contribution in [2.75, 3.05) is 19.9 Å². The van der Waals surface area contributed by atoms with Crippen molar-refractivity contribution in [1.29, 1.82) is 0 Å². The summed E-state index contributed by atoms with van der Waals surface area (Å²) in [5.74, 6) is 1.12. The van der Waals surface area contributed by atoms with Crippen molar-refractivity contribution in [3.05, 3.63) is 40.7 Å². The normalized spacial score (nSPS) is 18.9. The third-order valence-electron chi connectivity index (χ3n) is 5.79. The Morgan fingerprint density at radius 2 is 2.03 bits per heavy atom. The number of esters is 1. The predicted molar refractivity (Wildman–Crippen MR) is 108 cm³/mol. The highest BCUT2D eigenvalue weighted by atomic mass is 16.7. The van der Waals surface area contributed by atoms with E-state index in [4.69, 9.17) is 14.2 Å². The number of hydrogen-bond acceptors (Lipinski definition) is 6. The zero-order valence-corrected chi connectivity index (χ0v) is 17.8. The lowest BCUT2D eigenvalue weighted by Crippen LogP contribution is -2.34. The fourth-order valence-corrected chi connectivity index (χ4v) is 3.99. The van der Waals surface area contributed by atoms with E-state index in [9.17, 15) is 9.59 Å². The van der Waals surface area contributed by atoms with Crippen LogP contribution in [0.1, 0.15) is 40.7 Å². The highest BCUT2D eigenvalue weighted by molar-refractivity contribution is 5.96. The van der Waals surface area contributed by atoms with Gasteiger partial charge in [-0.3, -0.25) is 14.3 Å². The Kier molecular flexibility index (Phi) is 5.40. The minimum absolute atomic E-state index is 0.0784. The highest BCUT2D eigenvalue weighted by Gasteiger charge is 2.45. The van der Waals surface area contributed by atoms with Gasteiger partial charge in [-0.2, -0.15) is 5.10 Å². The second kappa shape index (κ2) is 8.01. The Morgan fingerprint density at radius 1 is 1.27 bits per heavy atom. The van der Waals surface area contributed by atoms with Crippen LogP contribution >= 0.6 is 0 Å². The molecular formula is C22H27N3O5. The Hall–Kier alpha value is -3.03. The number of rotatable bonds is 7. The van der Waals surface area contributed by atoms with Crippen LogP contribution in [0.2, 0.25) is 0 Å². The van der Waals surface area contributed by atoms with E-state index in [1.54, 1.807) is 16.5 Å². The third-order valence-corrected chi connectivity index (χ3v) is 5.79. The van der Waals surface area contributed by atoms with Gasteiger partial charge in [-0.05, 0) is 50.8 Å². The van der Waals surface area contributed by atoms with Gasteiger partial charge in [-0.25, -0.2) is 0 Å². The summed E-state index contributed by atoms with van der Waals surface area (Å²) in [6.07, 6.45) is 0.745. The number of carbonyl (C=O) groups is 2. The minimum atomic E-state index is -0.174. The van der Waals surface area contributed by atoms with Crippen LogP contribution in [0.15, 0.2) is 18.2 Å². The van der Waals surface area contributed by atoms with Gasteiger partial charge in [0.25, 0.3) is 5.91 Å². The molecule has 1 aliphatic heterocycles. The lowest BCUT2D eigenvalue weighted by molar-refractivity contribution is -0.145. The molecule has 1 saturated carbocycles. The van der Waals surface area contributed by atoms with Crippen LogP contribution in [0, 0.1) is 25.7 Å². The second-order valence-electron chi connectivity index (χ2n) is 7.90. The van der Waals surface area contributed by atoms with Crippen molar-refractivity contribution in [3.63, 3.8) is 0 Å². The lowest BCUT2D eigenvalue weighted by Gasteiger charge is -2.23. The summed E-state index contributed by atoms with van der Waals surface area (Å²) in [6, 6.07) is 5.70. The van der Waals surface area contributed by atoms with E-state index in [0.29, 0.717) is 42.5 Å². The molecule has 1 aromatic carbocycles. The topological polar surface area (TPSA) is 82.9 Å². The molecule has 30 heavy (non-hydrogen) atoms. The van der Waals surface area contributed by atoms with E-state index in [-0.39, 0.29) is 30.5 Å². The zero-order valence-electron chi connectivity index (χ0n) is 17.8.